The van der Waals surface area contributed by atoms with Crippen molar-refractivity contribution in [1.82, 2.24) is 10.2 Å². The Balaban J connectivity index is 2.16. The number of nitrogens with one attached hydrogen (secondary N) is 1. The van der Waals surface area contributed by atoms with E-state index in [-0.39, 0.29) is 5.54 Å². The number of hydrogen-bond donors (Lipinski definition) is 1. The molecule has 1 N–H and O–H groups in total. The van der Waals surface area contributed by atoms with Crippen LogP contribution in [0.3, 0.4) is 0 Å². The Kier molecular flexibility index (Phi) is 8.18. The van der Waals surface area contributed by atoms with Crippen LogP contribution in [0.25, 0.3) is 0 Å². The minimum Gasteiger partial charge on any atom is -0.303 e. The molecule has 0 heterocycles. The van der Waals surface area contributed by atoms with Gasteiger partial charge in [0.2, 0.25) is 0 Å². The summed E-state index contributed by atoms with van der Waals surface area (Å²) in [4.78, 5) is 2.59. The molecule has 0 aromatic heterocycles. The Hall–Kier alpha value is -0.590. The third-order valence-corrected chi connectivity index (χ3v) is 4.60. The van der Waals surface area contributed by atoms with Crippen molar-refractivity contribution in [3.8, 4) is 6.07 Å². The molecule has 0 spiro atoms. The van der Waals surface area contributed by atoms with Crippen molar-refractivity contribution in [2.24, 2.45) is 5.92 Å². The minimum atomic E-state index is -0.332. The lowest BCUT2D eigenvalue weighted by atomic mass is 9.85. The van der Waals surface area contributed by atoms with E-state index in [9.17, 15) is 5.26 Å². The number of nitrogens with zero attached hydrogens (tertiary/aromatic N) is 2. The van der Waals surface area contributed by atoms with Gasteiger partial charge in [0, 0.05) is 6.54 Å². The molecule has 1 fully saturated rings. The van der Waals surface area contributed by atoms with Crippen molar-refractivity contribution in [3.63, 3.8) is 0 Å². The lowest BCUT2D eigenvalue weighted by molar-refractivity contribution is 0.180. The second kappa shape index (κ2) is 9.37. The smallest absolute Gasteiger partial charge is 0.103 e. The molecule has 1 unspecified atom stereocenters. The predicted octanol–water partition coefficient (Wildman–Crippen LogP) is 3.56. The number of hydrogen-bond acceptors (Lipinski definition) is 3. The zero-order chi connectivity index (χ0) is 14.8. The van der Waals surface area contributed by atoms with Crippen LogP contribution in [-0.4, -0.2) is 36.6 Å². The molecule has 1 saturated carbocycles. The average Bonchev–Trinajstić information content (AvgIpc) is 2.42. The van der Waals surface area contributed by atoms with Gasteiger partial charge in [-0.25, -0.2) is 0 Å². The van der Waals surface area contributed by atoms with Crippen molar-refractivity contribution in [3.05, 3.63) is 0 Å². The van der Waals surface area contributed by atoms with Gasteiger partial charge >= 0.3 is 0 Å². The largest absolute Gasteiger partial charge is 0.303 e. The van der Waals surface area contributed by atoms with Crippen molar-refractivity contribution in [2.75, 3.05) is 26.2 Å². The van der Waals surface area contributed by atoms with E-state index in [2.05, 4.69) is 30.1 Å². The highest BCUT2D eigenvalue weighted by Crippen LogP contribution is 2.27. The molecule has 0 aliphatic heterocycles. The van der Waals surface area contributed by atoms with Gasteiger partial charge in [0.15, 0.2) is 0 Å². The molecule has 0 saturated heterocycles. The van der Waals surface area contributed by atoms with Crippen LogP contribution >= 0.6 is 0 Å². The normalized spacial score (nSPS) is 18.6. The monoisotopic (exact) mass is 279 g/mol. The van der Waals surface area contributed by atoms with E-state index in [0.29, 0.717) is 0 Å². The van der Waals surface area contributed by atoms with Crippen LogP contribution in [0.4, 0.5) is 0 Å². The Morgan fingerprint density at radius 3 is 2.55 bits per heavy atom. The first kappa shape index (κ1) is 17.5. The van der Waals surface area contributed by atoms with E-state index in [1.165, 1.54) is 45.3 Å². The van der Waals surface area contributed by atoms with Crippen LogP contribution in [0.5, 0.6) is 0 Å². The quantitative estimate of drug-likeness (QED) is 0.588. The number of nitriles is 1. The highest BCUT2D eigenvalue weighted by atomic mass is 15.1. The first-order valence-electron chi connectivity index (χ1n) is 8.52. The summed E-state index contributed by atoms with van der Waals surface area (Å²) in [7, 11) is 0. The summed E-state index contributed by atoms with van der Waals surface area (Å²) >= 11 is 0. The third-order valence-electron chi connectivity index (χ3n) is 4.60. The first-order chi connectivity index (χ1) is 9.63. The second-order valence-corrected chi connectivity index (χ2v) is 6.52. The maximum absolute atomic E-state index is 9.30. The zero-order valence-corrected chi connectivity index (χ0v) is 13.7. The SMILES string of the molecule is CCCNC(C)(C#N)CCCCN(CC)CC1CCC1. The molecule has 0 aromatic rings. The summed E-state index contributed by atoms with van der Waals surface area (Å²) in [6, 6.07) is 2.44. The van der Waals surface area contributed by atoms with Crippen LogP contribution in [0.15, 0.2) is 0 Å². The Morgan fingerprint density at radius 2 is 2.05 bits per heavy atom. The maximum Gasteiger partial charge on any atom is 0.103 e. The molecule has 0 radical (unpaired) electrons. The van der Waals surface area contributed by atoms with E-state index in [1.807, 2.05) is 6.92 Å². The fourth-order valence-electron chi connectivity index (χ4n) is 2.82. The molecule has 1 rings (SSSR count). The van der Waals surface area contributed by atoms with Gasteiger partial charge < -0.3 is 4.90 Å². The van der Waals surface area contributed by atoms with Gasteiger partial charge in [-0.3, -0.25) is 5.32 Å². The summed E-state index contributed by atoms with van der Waals surface area (Å²) in [5.74, 6) is 0.963. The summed E-state index contributed by atoms with van der Waals surface area (Å²) < 4.78 is 0. The van der Waals surface area contributed by atoms with Gasteiger partial charge in [-0.15, -0.1) is 0 Å². The van der Waals surface area contributed by atoms with Crippen molar-refractivity contribution in [1.29, 1.82) is 5.26 Å². The van der Waals surface area contributed by atoms with Crippen LogP contribution in [0.1, 0.15) is 65.7 Å². The van der Waals surface area contributed by atoms with Crippen LogP contribution < -0.4 is 5.32 Å². The molecule has 20 heavy (non-hydrogen) atoms. The fourth-order valence-corrected chi connectivity index (χ4v) is 2.82. The molecule has 1 aliphatic rings. The van der Waals surface area contributed by atoms with Gasteiger partial charge in [0.05, 0.1) is 6.07 Å². The first-order valence-corrected chi connectivity index (χ1v) is 8.52. The summed E-state index contributed by atoms with van der Waals surface area (Å²) in [5, 5.41) is 12.7. The standard InChI is InChI=1S/C17H33N3/c1-4-12-19-17(3,15-18)11-6-7-13-20(5-2)14-16-9-8-10-16/h16,19H,4-14H2,1-3H3. The van der Waals surface area contributed by atoms with E-state index in [1.54, 1.807) is 0 Å². The molecule has 0 amide bonds. The molecule has 3 heteroatoms. The van der Waals surface area contributed by atoms with E-state index in [0.717, 1.165) is 31.7 Å². The van der Waals surface area contributed by atoms with Crippen molar-refractivity contribution < 1.29 is 0 Å². The predicted molar refractivity (Wildman–Crippen MR) is 85.6 cm³/mol. The van der Waals surface area contributed by atoms with Crippen molar-refractivity contribution >= 4 is 0 Å². The molecule has 1 atom stereocenters. The highest BCUT2D eigenvalue weighted by molar-refractivity contribution is 5.03. The minimum absolute atomic E-state index is 0.332. The lowest BCUT2D eigenvalue weighted by Gasteiger charge is -2.32. The van der Waals surface area contributed by atoms with E-state index >= 15 is 0 Å². The maximum atomic E-state index is 9.30. The highest BCUT2D eigenvalue weighted by Gasteiger charge is 2.22. The molecule has 116 valence electrons. The van der Waals surface area contributed by atoms with Crippen molar-refractivity contribution in [2.45, 2.75) is 71.3 Å². The molecule has 0 aromatic carbocycles. The van der Waals surface area contributed by atoms with Gasteiger partial charge in [0.1, 0.15) is 5.54 Å². The summed E-state index contributed by atoms with van der Waals surface area (Å²) in [6.07, 6.45) is 8.71. The van der Waals surface area contributed by atoms with Crippen LogP contribution in [0.2, 0.25) is 0 Å². The summed E-state index contributed by atoms with van der Waals surface area (Å²) in [5.41, 5.74) is -0.332. The van der Waals surface area contributed by atoms with Gasteiger partial charge in [-0.05, 0) is 71.0 Å². The topological polar surface area (TPSA) is 39.1 Å². The Labute approximate surface area is 125 Å². The van der Waals surface area contributed by atoms with E-state index in [4.69, 9.17) is 0 Å². The third kappa shape index (κ3) is 6.24. The second-order valence-electron chi connectivity index (χ2n) is 6.52. The van der Waals surface area contributed by atoms with Crippen LogP contribution in [0, 0.1) is 17.2 Å². The molecule has 0 bridgehead atoms. The Morgan fingerprint density at radius 1 is 1.30 bits per heavy atom. The Bertz CT molecular complexity index is 293. The summed E-state index contributed by atoms with van der Waals surface area (Å²) in [6.45, 7) is 11.0. The molecular formula is C17H33N3. The zero-order valence-electron chi connectivity index (χ0n) is 13.7. The molecule has 1 aliphatic carbocycles. The van der Waals surface area contributed by atoms with Crippen LogP contribution in [-0.2, 0) is 0 Å². The van der Waals surface area contributed by atoms with E-state index < -0.39 is 0 Å². The number of rotatable bonds is 11. The van der Waals surface area contributed by atoms with Gasteiger partial charge in [-0.1, -0.05) is 20.3 Å². The molecular weight excluding hydrogens is 246 g/mol. The lowest BCUT2D eigenvalue weighted by Crippen LogP contribution is -2.41. The van der Waals surface area contributed by atoms with Gasteiger partial charge in [0.25, 0.3) is 0 Å². The number of unbranched alkanes of at least 4 members (excludes halogenated alkanes) is 1. The average molecular weight is 279 g/mol. The van der Waals surface area contributed by atoms with Gasteiger partial charge in [-0.2, -0.15) is 5.26 Å². The molecule has 3 nitrogen and oxygen atoms in total. The fraction of sp³-hybridized carbons (Fsp3) is 0.941.